The van der Waals surface area contributed by atoms with Crippen LogP contribution in [0.5, 0.6) is 11.5 Å². The van der Waals surface area contributed by atoms with E-state index in [1.165, 1.54) is 23.5 Å². The minimum absolute atomic E-state index is 0.250. The molecule has 1 aliphatic heterocycles. The summed E-state index contributed by atoms with van der Waals surface area (Å²) in [5.74, 6) is 0.876. The Kier molecular flexibility index (Phi) is 6.96. The zero-order valence-electron chi connectivity index (χ0n) is 17.4. The van der Waals surface area contributed by atoms with Crippen LogP contribution in [-0.4, -0.2) is 67.1 Å². The van der Waals surface area contributed by atoms with Gasteiger partial charge in [0.25, 0.3) is 0 Å². The van der Waals surface area contributed by atoms with Crippen LogP contribution in [0.2, 0.25) is 0 Å². The smallest absolute Gasteiger partial charge is 0.321 e. The molecule has 2 aromatic carbocycles. The van der Waals surface area contributed by atoms with E-state index in [2.05, 4.69) is 32.5 Å². The number of aromatic nitrogens is 1. The Morgan fingerprint density at radius 2 is 1.87 bits per heavy atom. The molecule has 0 atom stereocenters. The van der Waals surface area contributed by atoms with Gasteiger partial charge in [0.15, 0.2) is 5.13 Å². The van der Waals surface area contributed by atoms with E-state index in [1.54, 1.807) is 18.2 Å². The first-order valence-electron chi connectivity index (χ1n) is 10.3. The standard InChI is InChI=1S/C22H26FN5O2S/c1-27-11-13-28(14-12-27)10-2-9-24-21(29)26-22-25-19-8-7-18(15-20(19)31-22)30-17-5-3-16(23)4-6-17/h3-8,15H,2,9-14H2,1H3,(H2,24,25,26,29). The highest BCUT2D eigenvalue weighted by atomic mass is 32.1. The van der Waals surface area contributed by atoms with E-state index in [1.807, 2.05) is 12.1 Å². The van der Waals surface area contributed by atoms with Gasteiger partial charge in [-0.15, -0.1) is 0 Å². The minimum atomic E-state index is -0.307. The average molecular weight is 444 g/mol. The van der Waals surface area contributed by atoms with Crippen LogP contribution >= 0.6 is 11.3 Å². The number of halogens is 1. The number of urea groups is 1. The summed E-state index contributed by atoms with van der Waals surface area (Å²) in [6.07, 6.45) is 0.918. The number of carbonyl (C=O) groups is 1. The molecule has 4 rings (SSSR count). The topological polar surface area (TPSA) is 69.7 Å². The van der Waals surface area contributed by atoms with Gasteiger partial charge in [-0.1, -0.05) is 11.3 Å². The maximum Gasteiger partial charge on any atom is 0.321 e. The van der Waals surface area contributed by atoms with E-state index < -0.39 is 0 Å². The number of thiazole rings is 1. The summed E-state index contributed by atoms with van der Waals surface area (Å²) in [7, 11) is 2.14. The number of hydrogen-bond acceptors (Lipinski definition) is 6. The van der Waals surface area contributed by atoms with E-state index in [0.29, 0.717) is 23.2 Å². The highest BCUT2D eigenvalue weighted by Crippen LogP contribution is 2.31. The number of ether oxygens (including phenoxy) is 1. The van der Waals surface area contributed by atoms with Crippen LogP contribution in [-0.2, 0) is 0 Å². The molecule has 31 heavy (non-hydrogen) atoms. The Morgan fingerprint density at radius 3 is 2.65 bits per heavy atom. The van der Waals surface area contributed by atoms with Crippen LogP contribution in [0.1, 0.15) is 6.42 Å². The van der Waals surface area contributed by atoms with Gasteiger partial charge in [0.2, 0.25) is 0 Å². The number of anilines is 1. The Morgan fingerprint density at radius 1 is 1.13 bits per heavy atom. The molecule has 2 N–H and O–H groups in total. The Bertz CT molecular complexity index is 1020. The first kappa shape index (κ1) is 21.5. The molecule has 9 heteroatoms. The second-order valence-electron chi connectivity index (χ2n) is 7.58. The number of piperazine rings is 1. The molecule has 3 aromatic rings. The van der Waals surface area contributed by atoms with Gasteiger partial charge < -0.3 is 19.9 Å². The van der Waals surface area contributed by atoms with Crippen molar-refractivity contribution < 1.29 is 13.9 Å². The van der Waals surface area contributed by atoms with E-state index in [-0.39, 0.29) is 11.8 Å². The number of likely N-dealkylation sites (N-methyl/N-ethyl adjacent to an activating group) is 1. The lowest BCUT2D eigenvalue weighted by molar-refractivity contribution is 0.153. The number of hydrogen-bond donors (Lipinski definition) is 2. The molecule has 0 bridgehead atoms. The summed E-state index contributed by atoms with van der Waals surface area (Å²) in [5, 5.41) is 6.24. The molecule has 7 nitrogen and oxygen atoms in total. The van der Waals surface area contributed by atoms with Crippen molar-refractivity contribution in [2.24, 2.45) is 0 Å². The molecule has 1 fully saturated rings. The predicted octanol–water partition coefficient (Wildman–Crippen LogP) is 3.99. The molecular weight excluding hydrogens is 417 g/mol. The Labute approximate surface area is 184 Å². The number of carbonyl (C=O) groups excluding carboxylic acids is 1. The maximum atomic E-state index is 13.0. The molecule has 0 spiro atoms. The summed E-state index contributed by atoms with van der Waals surface area (Å²) in [6.45, 7) is 5.98. The lowest BCUT2D eigenvalue weighted by atomic mass is 10.3. The molecule has 164 valence electrons. The van der Waals surface area contributed by atoms with E-state index in [9.17, 15) is 9.18 Å². The molecule has 2 amide bonds. The van der Waals surface area contributed by atoms with Crippen molar-refractivity contribution in [2.75, 3.05) is 51.6 Å². The van der Waals surface area contributed by atoms with E-state index in [0.717, 1.165) is 49.4 Å². The first-order valence-corrected chi connectivity index (χ1v) is 11.2. The second kappa shape index (κ2) is 10.0. The summed E-state index contributed by atoms with van der Waals surface area (Å²) in [5.41, 5.74) is 0.779. The fraction of sp³-hybridized carbons (Fsp3) is 0.364. The zero-order chi connectivity index (χ0) is 21.6. The molecule has 2 heterocycles. The van der Waals surface area contributed by atoms with Crippen LogP contribution in [0.25, 0.3) is 10.2 Å². The maximum absolute atomic E-state index is 13.0. The molecule has 0 radical (unpaired) electrons. The molecule has 0 saturated carbocycles. The Hall–Kier alpha value is -2.75. The number of amides is 2. The van der Waals surface area contributed by atoms with Crippen molar-refractivity contribution in [2.45, 2.75) is 6.42 Å². The second-order valence-corrected chi connectivity index (χ2v) is 8.61. The summed E-state index contributed by atoms with van der Waals surface area (Å²) in [4.78, 5) is 21.4. The van der Waals surface area contributed by atoms with Gasteiger partial charge in [-0.2, -0.15) is 0 Å². The molecule has 0 aliphatic carbocycles. The van der Waals surface area contributed by atoms with E-state index in [4.69, 9.17) is 4.74 Å². The summed E-state index contributed by atoms with van der Waals surface area (Å²) >= 11 is 1.38. The lowest BCUT2D eigenvalue weighted by Crippen LogP contribution is -2.45. The van der Waals surface area contributed by atoms with Crippen molar-refractivity contribution in [1.29, 1.82) is 0 Å². The highest BCUT2D eigenvalue weighted by Gasteiger charge is 2.13. The van der Waals surface area contributed by atoms with Gasteiger partial charge in [0.05, 0.1) is 10.2 Å². The van der Waals surface area contributed by atoms with Crippen molar-refractivity contribution in [1.82, 2.24) is 20.1 Å². The molecule has 1 aliphatic rings. The highest BCUT2D eigenvalue weighted by molar-refractivity contribution is 7.22. The fourth-order valence-electron chi connectivity index (χ4n) is 3.38. The van der Waals surface area contributed by atoms with Gasteiger partial charge in [-0.25, -0.2) is 14.2 Å². The van der Waals surface area contributed by atoms with Crippen molar-refractivity contribution in [3.05, 3.63) is 48.3 Å². The zero-order valence-corrected chi connectivity index (χ0v) is 18.3. The Balaban J connectivity index is 1.25. The van der Waals surface area contributed by atoms with Gasteiger partial charge in [-0.05, 0) is 56.4 Å². The number of fused-ring (bicyclic) bond motifs is 1. The lowest BCUT2D eigenvalue weighted by Gasteiger charge is -2.32. The van der Waals surface area contributed by atoms with Gasteiger partial charge in [-0.3, -0.25) is 5.32 Å². The molecule has 1 aromatic heterocycles. The quantitative estimate of drug-likeness (QED) is 0.541. The van der Waals surface area contributed by atoms with Crippen LogP contribution in [0.15, 0.2) is 42.5 Å². The molecule has 0 unspecified atom stereocenters. The van der Waals surface area contributed by atoms with E-state index >= 15 is 0 Å². The summed E-state index contributed by atoms with van der Waals surface area (Å²) < 4.78 is 19.7. The third-order valence-corrected chi connectivity index (χ3v) is 6.10. The van der Waals surface area contributed by atoms with Crippen molar-refractivity contribution in [3.63, 3.8) is 0 Å². The predicted molar refractivity (Wildman–Crippen MR) is 122 cm³/mol. The molecule has 1 saturated heterocycles. The summed E-state index contributed by atoms with van der Waals surface area (Å²) in [6, 6.07) is 11.1. The van der Waals surface area contributed by atoms with Gasteiger partial charge >= 0.3 is 6.03 Å². The van der Waals surface area contributed by atoms with Crippen molar-refractivity contribution >= 4 is 32.7 Å². The number of rotatable bonds is 7. The normalized spacial score (nSPS) is 15.2. The van der Waals surface area contributed by atoms with Crippen LogP contribution in [0.3, 0.4) is 0 Å². The first-order chi connectivity index (χ1) is 15.0. The van der Waals surface area contributed by atoms with Gasteiger partial charge in [0.1, 0.15) is 17.3 Å². The van der Waals surface area contributed by atoms with Crippen molar-refractivity contribution in [3.8, 4) is 11.5 Å². The largest absolute Gasteiger partial charge is 0.457 e. The van der Waals surface area contributed by atoms with Gasteiger partial charge in [0, 0.05) is 38.8 Å². The number of nitrogens with one attached hydrogen (secondary N) is 2. The SMILES string of the molecule is CN1CCN(CCCNC(=O)Nc2nc3ccc(Oc4ccc(F)cc4)cc3s2)CC1. The molecular formula is C22H26FN5O2S. The van der Waals surface area contributed by atoms with Crippen LogP contribution in [0, 0.1) is 5.82 Å². The minimum Gasteiger partial charge on any atom is -0.457 e. The average Bonchev–Trinajstić information content (AvgIpc) is 3.15. The third kappa shape index (κ3) is 6.13. The fourth-order valence-corrected chi connectivity index (χ4v) is 4.27. The third-order valence-electron chi connectivity index (χ3n) is 5.16. The monoisotopic (exact) mass is 443 g/mol. The van der Waals surface area contributed by atoms with Crippen LogP contribution in [0.4, 0.5) is 14.3 Å². The number of benzene rings is 2. The number of nitrogens with zero attached hydrogens (tertiary/aromatic N) is 3. The van der Waals surface area contributed by atoms with Crippen LogP contribution < -0.4 is 15.4 Å².